The minimum atomic E-state index is -0.623. The third kappa shape index (κ3) is 3.79. The van der Waals surface area contributed by atoms with E-state index in [1.165, 1.54) is 12.1 Å². The molecule has 0 fully saturated rings. The zero-order valence-electron chi connectivity index (χ0n) is 9.57. The molecule has 1 N–H and O–H groups in total. The van der Waals surface area contributed by atoms with Crippen LogP contribution >= 0.6 is 0 Å². The maximum atomic E-state index is 13.3. The SMILES string of the molecule is COCCCOc1cc([C@H](C)O)ccc1F. The van der Waals surface area contributed by atoms with Gasteiger partial charge >= 0.3 is 0 Å². The number of benzene rings is 1. The van der Waals surface area contributed by atoms with Crippen molar-refractivity contribution in [2.24, 2.45) is 0 Å². The summed E-state index contributed by atoms with van der Waals surface area (Å²) in [6.45, 7) is 2.60. The summed E-state index contributed by atoms with van der Waals surface area (Å²) in [5, 5.41) is 9.35. The first kappa shape index (κ1) is 12.9. The van der Waals surface area contributed by atoms with Gasteiger partial charge in [0.05, 0.1) is 12.7 Å². The molecule has 0 bridgehead atoms. The van der Waals surface area contributed by atoms with Gasteiger partial charge < -0.3 is 14.6 Å². The summed E-state index contributed by atoms with van der Waals surface area (Å²) in [5.41, 5.74) is 0.642. The fourth-order valence-corrected chi connectivity index (χ4v) is 1.28. The Labute approximate surface area is 94.8 Å². The van der Waals surface area contributed by atoms with Crippen LogP contribution in [0.5, 0.6) is 5.75 Å². The van der Waals surface area contributed by atoms with E-state index in [0.717, 1.165) is 0 Å². The van der Waals surface area contributed by atoms with Crippen LogP contribution in [-0.2, 0) is 4.74 Å². The van der Waals surface area contributed by atoms with E-state index < -0.39 is 11.9 Å². The topological polar surface area (TPSA) is 38.7 Å². The monoisotopic (exact) mass is 228 g/mol. The van der Waals surface area contributed by atoms with E-state index >= 15 is 0 Å². The number of rotatable bonds is 6. The molecule has 0 aliphatic heterocycles. The second-order valence-electron chi connectivity index (χ2n) is 3.56. The van der Waals surface area contributed by atoms with Crippen molar-refractivity contribution in [2.45, 2.75) is 19.4 Å². The highest BCUT2D eigenvalue weighted by Gasteiger charge is 2.07. The molecular weight excluding hydrogens is 211 g/mol. The molecule has 1 atom stereocenters. The Kier molecular flexibility index (Phi) is 5.22. The standard InChI is InChI=1S/C12H17FO3/c1-9(14)10-4-5-11(13)12(8-10)16-7-3-6-15-2/h4-5,8-9,14H,3,6-7H2,1-2H3/t9-/m0/s1. The van der Waals surface area contributed by atoms with Gasteiger partial charge in [0.2, 0.25) is 0 Å². The molecule has 1 aromatic carbocycles. The maximum Gasteiger partial charge on any atom is 0.165 e. The van der Waals surface area contributed by atoms with Crippen LogP contribution in [0.2, 0.25) is 0 Å². The highest BCUT2D eigenvalue weighted by atomic mass is 19.1. The van der Waals surface area contributed by atoms with E-state index in [2.05, 4.69) is 0 Å². The average molecular weight is 228 g/mol. The molecule has 0 unspecified atom stereocenters. The highest BCUT2D eigenvalue weighted by molar-refractivity contribution is 5.31. The maximum absolute atomic E-state index is 13.3. The van der Waals surface area contributed by atoms with Crippen LogP contribution in [0.15, 0.2) is 18.2 Å². The molecule has 0 radical (unpaired) electrons. The molecule has 90 valence electrons. The molecule has 0 amide bonds. The number of methoxy groups -OCH3 is 1. The molecular formula is C12H17FO3. The fraction of sp³-hybridized carbons (Fsp3) is 0.500. The summed E-state index contributed by atoms with van der Waals surface area (Å²) in [6, 6.07) is 4.36. The van der Waals surface area contributed by atoms with Crippen LogP contribution in [0.4, 0.5) is 4.39 Å². The summed E-state index contributed by atoms with van der Waals surface area (Å²) >= 11 is 0. The molecule has 1 rings (SSSR count). The van der Waals surface area contributed by atoms with Crippen LogP contribution in [0.3, 0.4) is 0 Å². The molecule has 16 heavy (non-hydrogen) atoms. The van der Waals surface area contributed by atoms with E-state index in [4.69, 9.17) is 9.47 Å². The van der Waals surface area contributed by atoms with Gasteiger partial charge in [-0.15, -0.1) is 0 Å². The van der Waals surface area contributed by atoms with Gasteiger partial charge in [-0.25, -0.2) is 4.39 Å². The molecule has 0 saturated heterocycles. The lowest BCUT2D eigenvalue weighted by Gasteiger charge is -2.10. The van der Waals surface area contributed by atoms with Crippen LogP contribution in [0.25, 0.3) is 0 Å². The van der Waals surface area contributed by atoms with Gasteiger partial charge in [0.15, 0.2) is 11.6 Å². The van der Waals surface area contributed by atoms with Gasteiger partial charge in [0.1, 0.15) is 0 Å². The Bertz CT molecular complexity index is 326. The van der Waals surface area contributed by atoms with E-state index in [0.29, 0.717) is 25.2 Å². The van der Waals surface area contributed by atoms with Crippen molar-refractivity contribution in [3.05, 3.63) is 29.6 Å². The quantitative estimate of drug-likeness (QED) is 0.759. The van der Waals surface area contributed by atoms with Crippen LogP contribution in [0.1, 0.15) is 25.0 Å². The summed E-state index contributed by atoms with van der Waals surface area (Å²) < 4.78 is 23.4. The van der Waals surface area contributed by atoms with Crippen molar-refractivity contribution < 1.29 is 19.0 Å². The Morgan fingerprint density at radius 1 is 1.38 bits per heavy atom. The van der Waals surface area contributed by atoms with E-state index in [1.807, 2.05) is 0 Å². The number of ether oxygens (including phenoxy) is 2. The number of hydrogen-bond donors (Lipinski definition) is 1. The van der Waals surface area contributed by atoms with Crippen LogP contribution in [0, 0.1) is 5.82 Å². The van der Waals surface area contributed by atoms with Crippen molar-refractivity contribution in [2.75, 3.05) is 20.3 Å². The molecule has 0 spiro atoms. The summed E-state index contributed by atoms with van der Waals surface area (Å²) in [6.07, 6.45) is 0.0800. The molecule has 0 saturated carbocycles. The van der Waals surface area contributed by atoms with Crippen molar-refractivity contribution >= 4 is 0 Å². The minimum absolute atomic E-state index is 0.175. The van der Waals surface area contributed by atoms with Crippen molar-refractivity contribution in [3.63, 3.8) is 0 Å². The molecule has 0 heterocycles. The van der Waals surface area contributed by atoms with Gasteiger partial charge in [-0.1, -0.05) is 6.07 Å². The Morgan fingerprint density at radius 3 is 2.75 bits per heavy atom. The number of aliphatic hydroxyl groups is 1. The predicted octanol–water partition coefficient (Wildman–Crippen LogP) is 2.29. The highest BCUT2D eigenvalue weighted by Crippen LogP contribution is 2.22. The van der Waals surface area contributed by atoms with Gasteiger partial charge in [-0.3, -0.25) is 0 Å². The Balaban J connectivity index is 2.60. The largest absolute Gasteiger partial charge is 0.490 e. The van der Waals surface area contributed by atoms with Crippen molar-refractivity contribution in [3.8, 4) is 5.75 Å². The molecule has 0 aliphatic rings. The number of halogens is 1. The number of hydrogen-bond acceptors (Lipinski definition) is 3. The Hall–Kier alpha value is -1.13. The second-order valence-corrected chi connectivity index (χ2v) is 3.56. The van der Waals surface area contributed by atoms with E-state index in [1.54, 1.807) is 20.1 Å². The van der Waals surface area contributed by atoms with Gasteiger partial charge in [-0.05, 0) is 24.6 Å². The van der Waals surface area contributed by atoms with Crippen LogP contribution < -0.4 is 4.74 Å². The summed E-state index contributed by atoms with van der Waals surface area (Å²) in [5.74, 6) is -0.240. The third-order valence-electron chi connectivity index (χ3n) is 2.19. The second kappa shape index (κ2) is 6.45. The van der Waals surface area contributed by atoms with Crippen LogP contribution in [-0.4, -0.2) is 25.4 Å². The van der Waals surface area contributed by atoms with Gasteiger partial charge in [0.25, 0.3) is 0 Å². The molecule has 0 aromatic heterocycles. The summed E-state index contributed by atoms with van der Waals surface area (Å²) in [7, 11) is 1.61. The first-order valence-corrected chi connectivity index (χ1v) is 5.24. The third-order valence-corrected chi connectivity index (χ3v) is 2.19. The summed E-state index contributed by atoms with van der Waals surface area (Å²) in [4.78, 5) is 0. The Morgan fingerprint density at radius 2 is 2.12 bits per heavy atom. The zero-order valence-corrected chi connectivity index (χ0v) is 9.57. The molecule has 1 aromatic rings. The smallest absolute Gasteiger partial charge is 0.165 e. The van der Waals surface area contributed by atoms with Crippen molar-refractivity contribution in [1.29, 1.82) is 0 Å². The van der Waals surface area contributed by atoms with Crippen molar-refractivity contribution in [1.82, 2.24) is 0 Å². The lowest BCUT2D eigenvalue weighted by molar-refractivity contribution is 0.169. The molecule has 4 heteroatoms. The number of aliphatic hydroxyl groups excluding tert-OH is 1. The molecule has 0 aliphatic carbocycles. The average Bonchev–Trinajstić information content (AvgIpc) is 2.26. The first-order chi connectivity index (χ1) is 7.65. The lowest BCUT2D eigenvalue weighted by Crippen LogP contribution is -2.03. The molecule has 3 nitrogen and oxygen atoms in total. The first-order valence-electron chi connectivity index (χ1n) is 5.24. The predicted molar refractivity (Wildman–Crippen MR) is 59.0 cm³/mol. The van der Waals surface area contributed by atoms with E-state index in [9.17, 15) is 9.50 Å². The normalized spacial score (nSPS) is 12.5. The zero-order chi connectivity index (χ0) is 12.0. The van der Waals surface area contributed by atoms with Gasteiger partial charge in [-0.2, -0.15) is 0 Å². The lowest BCUT2D eigenvalue weighted by atomic mass is 10.1. The fourth-order valence-electron chi connectivity index (χ4n) is 1.28. The minimum Gasteiger partial charge on any atom is -0.490 e. The van der Waals surface area contributed by atoms with E-state index in [-0.39, 0.29) is 5.75 Å². The van der Waals surface area contributed by atoms with Gasteiger partial charge in [0, 0.05) is 20.1 Å².